The van der Waals surface area contributed by atoms with Gasteiger partial charge in [0.15, 0.2) is 6.79 Å². The molecule has 1 aliphatic heterocycles. The van der Waals surface area contributed by atoms with Crippen LogP contribution in [-0.2, 0) is 26.6 Å². The summed E-state index contributed by atoms with van der Waals surface area (Å²) >= 11 is 1.43. The van der Waals surface area contributed by atoms with E-state index in [1.807, 2.05) is 25.1 Å². The van der Waals surface area contributed by atoms with Gasteiger partial charge in [-0.25, -0.2) is 4.79 Å². The van der Waals surface area contributed by atoms with Gasteiger partial charge in [0.05, 0.1) is 36.8 Å². The van der Waals surface area contributed by atoms with Gasteiger partial charge in [-0.05, 0) is 38.1 Å². The van der Waals surface area contributed by atoms with Crippen LogP contribution in [0.2, 0.25) is 0 Å². The number of amides is 1. The van der Waals surface area contributed by atoms with E-state index in [1.165, 1.54) is 11.8 Å². The fraction of sp³-hybridized carbons (Fsp3) is 0.364. The van der Waals surface area contributed by atoms with Crippen molar-refractivity contribution in [1.29, 1.82) is 0 Å². The third-order valence-corrected chi connectivity index (χ3v) is 5.23. The highest BCUT2D eigenvalue weighted by atomic mass is 32.2. The van der Waals surface area contributed by atoms with Gasteiger partial charge in [0.1, 0.15) is 11.5 Å². The molecular weight excluding hydrogens is 406 g/mol. The molecule has 0 fully saturated rings. The second kappa shape index (κ2) is 10.9. The molecule has 0 atom stereocenters. The average molecular weight is 432 g/mol. The molecule has 0 radical (unpaired) electrons. The van der Waals surface area contributed by atoms with Crippen LogP contribution in [0.5, 0.6) is 11.5 Å². The number of nitrogens with one attached hydrogen (secondary N) is 1. The van der Waals surface area contributed by atoms with E-state index in [2.05, 4.69) is 5.32 Å². The van der Waals surface area contributed by atoms with Crippen LogP contribution in [0.4, 0.5) is 5.69 Å². The number of hydrogen-bond acceptors (Lipinski definition) is 7. The minimum Gasteiger partial charge on any atom is -0.492 e. The number of benzene rings is 2. The highest BCUT2D eigenvalue weighted by molar-refractivity contribution is 7.99. The van der Waals surface area contributed by atoms with Gasteiger partial charge in [0.2, 0.25) is 5.91 Å². The molecule has 1 N–H and O–H groups in total. The van der Waals surface area contributed by atoms with Crippen molar-refractivity contribution in [3.63, 3.8) is 0 Å². The van der Waals surface area contributed by atoms with Crippen molar-refractivity contribution < 1.29 is 28.5 Å². The quantitative estimate of drug-likeness (QED) is 0.601. The molecule has 0 unspecified atom stereocenters. The number of para-hydroxylation sites is 2. The Balaban J connectivity index is 1.64. The Morgan fingerprint density at radius 1 is 1.17 bits per heavy atom. The number of carbonyl (C=O) groups is 2. The van der Waals surface area contributed by atoms with Crippen LogP contribution in [0.15, 0.2) is 36.4 Å². The molecule has 1 amide bonds. The largest absolute Gasteiger partial charge is 0.492 e. The smallest absolute Gasteiger partial charge is 0.338 e. The second-order valence-corrected chi connectivity index (χ2v) is 7.41. The lowest BCUT2D eigenvalue weighted by Gasteiger charge is -2.21. The molecule has 0 saturated heterocycles. The van der Waals surface area contributed by atoms with Crippen LogP contribution in [0.3, 0.4) is 0 Å². The summed E-state index contributed by atoms with van der Waals surface area (Å²) in [4.78, 5) is 24.6. The standard InChI is InChI=1S/C22H25NO6S/c1-3-27-19-8-6-5-7-18(19)23-20(24)13-30-12-17-10-15(22(25)28-4-2)9-16-11-26-14-29-21(16)17/h5-10H,3-4,11-14H2,1-2H3,(H,23,24). The van der Waals surface area contributed by atoms with Crippen LogP contribution in [0.1, 0.15) is 35.3 Å². The fourth-order valence-corrected chi connectivity index (χ4v) is 3.82. The number of esters is 1. The van der Waals surface area contributed by atoms with Crippen molar-refractivity contribution in [3.8, 4) is 11.5 Å². The first-order chi connectivity index (χ1) is 14.6. The van der Waals surface area contributed by atoms with Gasteiger partial charge in [-0.2, -0.15) is 0 Å². The first-order valence-electron chi connectivity index (χ1n) is 9.75. The summed E-state index contributed by atoms with van der Waals surface area (Å²) < 4.78 is 21.6. The van der Waals surface area contributed by atoms with Gasteiger partial charge in [0.25, 0.3) is 0 Å². The zero-order valence-corrected chi connectivity index (χ0v) is 17.9. The Bertz CT molecular complexity index is 901. The molecule has 0 spiro atoms. The first kappa shape index (κ1) is 22.0. The number of rotatable bonds is 9. The second-order valence-electron chi connectivity index (χ2n) is 6.42. The van der Waals surface area contributed by atoms with Crippen molar-refractivity contribution in [2.45, 2.75) is 26.2 Å². The molecule has 0 saturated carbocycles. The maximum atomic E-state index is 12.4. The van der Waals surface area contributed by atoms with Gasteiger partial charge in [-0.1, -0.05) is 12.1 Å². The van der Waals surface area contributed by atoms with Crippen molar-refractivity contribution in [1.82, 2.24) is 0 Å². The molecule has 0 aromatic heterocycles. The van der Waals surface area contributed by atoms with E-state index in [0.717, 1.165) is 11.1 Å². The Morgan fingerprint density at radius 3 is 2.80 bits per heavy atom. The monoisotopic (exact) mass is 431 g/mol. The van der Waals surface area contributed by atoms with Crippen LogP contribution in [-0.4, -0.2) is 37.6 Å². The van der Waals surface area contributed by atoms with Gasteiger partial charge in [-0.3, -0.25) is 4.79 Å². The van der Waals surface area contributed by atoms with E-state index in [-0.39, 0.29) is 24.4 Å². The van der Waals surface area contributed by atoms with E-state index in [0.29, 0.717) is 48.3 Å². The van der Waals surface area contributed by atoms with Crippen LogP contribution in [0.25, 0.3) is 0 Å². The van der Waals surface area contributed by atoms with Crippen LogP contribution in [0, 0.1) is 0 Å². The first-order valence-corrected chi connectivity index (χ1v) is 10.9. The van der Waals surface area contributed by atoms with Gasteiger partial charge < -0.3 is 24.3 Å². The summed E-state index contributed by atoms with van der Waals surface area (Å²) in [5, 5.41) is 2.88. The molecule has 1 aliphatic rings. The summed E-state index contributed by atoms with van der Waals surface area (Å²) in [6, 6.07) is 10.8. The third-order valence-electron chi connectivity index (χ3n) is 4.25. The summed E-state index contributed by atoms with van der Waals surface area (Å²) in [5.41, 5.74) is 2.74. The lowest BCUT2D eigenvalue weighted by atomic mass is 10.0. The van der Waals surface area contributed by atoms with Crippen LogP contribution < -0.4 is 14.8 Å². The summed E-state index contributed by atoms with van der Waals surface area (Å²) in [7, 11) is 0. The molecule has 3 rings (SSSR count). The summed E-state index contributed by atoms with van der Waals surface area (Å²) in [5.74, 6) is 1.59. The normalized spacial score (nSPS) is 12.5. The van der Waals surface area contributed by atoms with Gasteiger partial charge in [-0.15, -0.1) is 11.8 Å². The SMILES string of the molecule is CCOC(=O)c1cc2c(c(CSCC(=O)Nc3ccccc3OCC)c1)OCOC2. The van der Waals surface area contributed by atoms with Crippen LogP contribution >= 0.6 is 11.8 Å². The lowest BCUT2D eigenvalue weighted by molar-refractivity contribution is -0.113. The number of ether oxygens (including phenoxy) is 4. The Morgan fingerprint density at radius 2 is 2.00 bits per heavy atom. The van der Waals surface area contributed by atoms with E-state index in [4.69, 9.17) is 18.9 Å². The topological polar surface area (TPSA) is 83.1 Å². The zero-order chi connectivity index (χ0) is 21.3. The highest BCUT2D eigenvalue weighted by Crippen LogP contribution is 2.33. The molecule has 8 heteroatoms. The highest BCUT2D eigenvalue weighted by Gasteiger charge is 2.20. The molecule has 0 bridgehead atoms. The summed E-state index contributed by atoms with van der Waals surface area (Å²) in [6.07, 6.45) is 0. The molecular formula is C22H25NO6S. The maximum Gasteiger partial charge on any atom is 0.338 e. The van der Waals surface area contributed by atoms with E-state index in [9.17, 15) is 9.59 Å². The van der Waals surface area contributed by atoms with E-state index < -0.39 is 0 Å². The lowest BCUT2D eigenvalue weighted by Crippen LogP contribution is -2.16. The van der Waals surface area contributed by atoms with Crippen molar-refractivity contribution >= 4 is 29.3 Å². The van der Waals surface area contributed by atoms with Crippen molar-refractivity contribution in [3.05, 3.63) is 53.1 Å². The van der Waals surface area contributed by atoms with Gasteiger partial charge in [0, 0.05) is 16.9 Å². The minimum absolute atomic E-state index is 0.133. The molecule has 160 valence electrons. The zero-order valence-electron chi connectivity index (χ0n) is 17.1. The van der Waals surface area contributed by atoms with Gasteiger partial charge >= 0.3 is 5.97 Å². The van der Waals surface area contributed by atoms with Crippen molar-refractivity contribution in [2.75, 3.05) is 31.1 Å². The van der Waals surface area contributed by atoms with E-state index >= 15 is 0 Å². The number of fused-ring (bicyclic) bond motifs is 1. The maximum absolute atomic E-state index is 12.4. The molecule has 0 aliphatic carbocycles. The molecule has 7 nitrogen and oxygen atoms in total. The predicted molar refractivity (Wildman–Crippen MR) is 115 cm³/mol. The minimum atomic E-state index is -0.387. The predicted octanol–water partition coefficient (Wildman–Crippen LogP) is 4.00. The Labute approximate surface area is 180 Å². The fourth-order valence-electron chi connectivity index (χ4n) is 3.03. The van der Waals surface area contributed by atoms with E-state index in [1.54, 1.807) is 25.1 Å². The number of anilines is 1. The molecule has 30 heavy (non-hydrogen) atoms. The van der Waals surface area contributed by atoms with Crippen molar-refractivity contribution in [2.24, 2.45) is 0 Å². The molecule has 2 aromatic carbocycles. The third kappa shape index (κ3) is 5.67. The molecule has 1 heterocycles. The number of thioether (sulfide) groups is 1. The Hall–Kier alpha value is -2.71. The number of carbonyl (C=O) groups excluding carboxylic acids is 2. The average Bonchev–Trinajstić information content (AvgIpc) is 2.75. The summed E-state index contributed by atoms with van der Waals surface area (Å²) in [6.45, 7) is 5.02. The number of hydrogen-bond donors (Lipinski definition) is 1. The Kier molecular flexibility index (Phi) is 7.98. The molecule has 2 aromatic rings.